The molecule has 5 heteroatoms. The molecule has 5 nitrogen and oxygen atoms in total. The van der Waals surface area contributed by atoms with Crippen LogP contribution in [0, 0.1) is 5.41 Å². The van der Waals surface area contributed by atoms with Crippen LogP contribution in [0.3, 0.4) is 0 Å². The number of para-hydroxylation sites is 2. The van der Waals surface area contributed by atoms with Crippen LogP contribution in [-0.4, -0.2) is 24.1 Å². The van der Waals surface area contributed by atoms with Gasteiger partial charge >= 0.3 is 0 Å². The Morgan fingerprint density at radius 2 is 0.868 bits per heavy atom. The molecule has 3 heterocycles. The summed E-state index contributed by atoms with van der Waals surface area (Å²) in [7, 11) is 0. The van der Waals surface area contributed by atoms with E-state index in [0.717, 1.165) is 33.4 Å². The van der Waals surface area contributed by atoms with Crippen LogP contribution in [0.1, 0.15) is 52.7 Å². The van der Waals surface area contributed by atoms with Crippen LogP contribution in [0.5, 0.6) is 0 Å². The Morgan fingerprint density at radius 1 is 0.396 bits per heavy atom. The maximum absolute atomic E-state index is 5.30. The summed E-state index contributed by atoms with van der Waals surface area (Å²) in [6, 6.07) is 49.6. The van der Waals surface area contributed by atoms with Gasteiger partial charge in [0.05, 0.1) is 22.1 Å². The van der Waals surface area contributed by atoms with E-state index in [4.69, 9.17) is 15.0 Å². The lowest BCUT2D eigenvalue weighted by molar-refractivity contribution is 0.125. The minimum Gasteiger partial charge on any atom is -0.309 e. The molecule has 0 saturated heterocycles. The van der Waals surface area contributed by atoms with Crippen LogP contribution in [0.2, 0.25) is 0 Å². The molecule has 0 saturated carbocycles. The molecule has 0 fully saturated rings. The van der Waals surface area contributed by atoms with Gasteiger partial charge in [-0.1, -0.05) is 139 Å². The van der Waals surface area contributed by atoms with Crippen molar-refractivity contribution >= 4 is 43.6 Å². The third kappa shape index (κ3) is 4.34. The standard InChI is InChI=1S/C48H41N5/c1-46(2)37-27-36-35-26-34-33-24-16-17-25-39(33)52(32-22-14-9-15-23-32)41(34)29-42(35)53(40(36)28-38(37)47(3,4)48(46,5)6)45-50-43(30-18-10-7-11-19-30)49-44(51-45)31-20-12-8-13-21-31/h7-29H,1-6H3. The average Bonchev–Trinajstić information content (AvgIpc) is 3.71. The first-order valence-corrected chi connectivity index (χ1v) is 18.6. The lowest BCUT2D eigenvalue weighted by Gasteiger charge is -2.44. The largest absolute Gasteiger partial charge is 0.309 e. The zero-order valence-corrected chi connectivity index (χ0v) is 31.0. The van der Waals surface area contributed by atoms with Crippen LogP contribution in [0.4, 0.5) is 0 Å². The predicted molar refractivity (Wildman–Crippen MR) is 219 cm³/mol. The minimum atomic E-state index is -0.0738. The summed E-state index contributed by atoms with van der Waals surface area (Å²) in [6.07, 6.45) is 0. The lowest BCUT2D eigenvalue weighted by Crippen LogP contribution is -2.42. The maximum Gasteiger partial charge on any atom is 0.238 e. The van der Waals surface area contributed by atoms with Crippen LogP contribution in [0.15, 0.2) is 140 Å². The van der Waals surface area contributed by atoms with Crippen molar-refractivity contribution in [2.75, 3.05) is 0 Å². The predicted octanol–water partition coefficient (Wildman–Crippen LogP) is 12.0. The highest BCUT2D eigenvalue weighted by Gasteiger charge is 2.57. The summed E-state index contributed by atoms with van der Waals surface area (Å²) in [4.78, 5) is 15.6. The number of hydrogen-bond donors (Lipinski definition) is 0. The van der Waals surface area contributed by atoms with E-state index in [2.05, 4.69) is 154 Å². The van der Waals surface area contributed by atoms with Crippen molar-refractivity contribution in [2.45, 2.75) is 52.4 Å². The van der Waals surface area contributed by atoms with Crippen LogP contribution in [-0.2, 0) is 10.8 Å². The molecule has 258 valence electrons. The van der Waals surface area contributed by atoms with Gasteiger partial charge in [0.1, 0.15) is 0 Å². The Hall–Kier alpha value is -6.07. The van der Waals surface area contributed by atoms with Crippen molar-refractivity contribution in [1.82, 2.24) is 24.1 Å². The molecular formula is C48H41N5. The fourth-order valence-electron chi connectivity index (χ4n) is 8.98. The monoisotopic (exact) mass is 687 g/mol. The van der Waals surface area contributed by atoms with Crippen LogP contribution >= 0.6 is 0 Å². The molecule has 0 aliphatic heterocycles. The van der Waals surface area contributed by atoms with Crippen molar-refractivity contribution in [3.05, 3.63) is 151 Å². The van der Waals surface area contributed by atoms with Gasteiger partial charge in [-0.3, -0.25) is 4.57 Å². The second-order valence-electron chi connectivity index (χ2n) is 16.2. The second kappa shape index (κ2) is 11.0. The first-order valence-electron chi connectivity index (χ1n) is 18.6. The zero-order chi connectivity index (χ0) is 36.3. The highest BCUT2D eigenvalue weighted by molar-refractivity contribution is 6.19. The molecular weight excluding hydrogens is 647 g/mol. The number of fused-ring (bicyclic) bond motifs is 7. The Balaban J connectivity index is 1.38. The highest BCUT2D eigenvalue weighted by atomic mass is 15.2. The number of hydrogen-bond acceptors (Lipinski definition) is 3. The molecule has 0 atom stereocenters. The molecule has 3 aromatic heterocycles. The van der Waals surface area contributed by atoms with Gasteiger partial charge < -0.3 is 4.57 Å². The lowest BCUT2D eigenvalue weighted by atomic mass is 9.59. The molecule has 9 aromatic rings. The fourth-order valence-corrected chi connectivity index (χ4v) is 8.98. The summed E-state index contributed by atoms with van der Waals surface area (Å²) >= 11 is 0. The van der Waals surface area contributed by atoms with Gasteiger partial charge in [0.2, 0.25) is 5.95 Å². The number of rotatable bonds is 4. The molecule has 0 amide bonds. The van der Waals surface area contributed by atoms with Gasteiger partial charge in [-0.2, -0.15) is 9.97 Å². The van der Waals surface area contributed by atoms with E-state index in [1.807, 2.05) is 36.4 Å². The maximum atomic E-state index is 5.30. The summed E-state index contributed by atoms with van der Waals surface area (Å²) in [6.45, 7) is 14.5. The normalized spacial score (nSPS) is 15.8. The molecule has 1 aliphatic rings. The molecule has 6 aromatic carbocycles. The van der Waals surface area contributed by atoms with Crippen molar-refractivity contribution in [2.24, 2.45) is 5.41 Å². The number of aromatic nitrogens is 5. The van der Waals surface area contributed by atoms with Gasteiger partial charge in [-0.25, -0.2) is 4.98 Å². The molecule has 0 unspecified atom stereocenters. The van der Waals surface area contributed by atoms with E-state index in [1.54, 1.807) is 0 Å². The fraction of sp³-hybridized carbons (Fsp3) is 0.188. The average molecular weight is 688 g/mol. The van der Waals surface area contributed by atoms with Crippen molar-refractivity contribution < 1.29 is 0 Å². The minimum absolute atomic E-state index is 0.0201. The molecule has 0 N–H and O–H groups in total. The summed E-state index contributed by atoms with van der Waals surface area (Å²) in [5, 5.41) is 4.85. The van der Waals surface area contributed by atoms with Gasteiger partial charge in [0.15, 0.2) is 11.6 Å². The summed E-state index contributed by atoms with van der Waals surface area (Å²) in [5.74, 6) is 1.90. The molecule has 10 rings (SSSR count). The Labute approximate surface area is 309 Å². The van der Waals surface area contributed by atoms with E-state index >= 15 is 0 Å². The van der Waals surface area contributed by atoms with Crippen LogP contribution < -0.4 is 0 Å². The van der Waals surface area contributed by atoms with Gasteiger partial charge in [0, 0.05) is 38.4 Å². The third-order valence-electron chi connectivity index (χ3n) is 13.1. The van der Waals surface area contributed by atoms with Crippen LogP contribution in [0.25, 0.3) is 78.0 Å². The Morgan fingerprint density at radius 3 is 1.49 bits per heavy atom. The molecule has 0 spiro atoms. The summed E-state index contributed by atoms with van der Waals surface area (Å²) in [5.41, 5.74) is 10.2. The van der Waals surface area contributed by atoms with Gasteiger partial charge in [-0.05, 0) is 69.8 Å². The van der Waals surface area contributed by atoms with E-state index in [1.165, 1.54) is 38.2 Å². The van der Waals surface area contributed by atoms with Gasteiger partial charge in [-0.15, -0.1) is 0 Å². The Kier molecular flexibility index (Phi) is 6.55. The van der Waals surface area contributed by atoms with Gasteiger partial charge in [0.25, 0.3) is 0 Å². The van der Waals surface area contributed by atoms with E-state index in [9.17, 15) is 0 Å². The first kappa shape index (κ1) is 31.6. The number of nitrogens with zero attached hydrogens (tertiary/aromatic N) is 5. The third-order valence-corrected chi connectivity index (χ3v) is 13.1. The van der Waals surface area contributed by atoms with Crippen molar-refractivity contribution in [3.63, 3.8) is 0 Å². The zero-order valence-electron chi connectivity index (χ0n) is 31.0. The van der Waals surface area contributed by atoms with E-state index < -0.39 is 0 Å². The first-order chi connectivity index (χ1) is 25.6. The molecule has 1 aliphatic carbocycles. The highest BCUT2D eigenvalue weighted by Crippen LogP contribution is 2.62. The van der Waals surface area contributed by atoms with E-state index in [-0.39, 0.29) is 16.2 Å². The quantitative estimate of drug-likeness (QED) is 0.185. The smallest absolute Gasteiger partial charge is 0.238 e. The van der Waals surface area contributed by atoms with Crippen molar-refractivity contribution in [1.29, 1.82) is 0 Å². The number of benzene rings is 6. The Bertz CT molecular complexity index is 2840. The second-order valence-corrected chi connectivity index (χ2v) is 16.2. The SMILES string of the molecule is CC1(C)c2cc3c4cc5c6ccccc6n(-c6ccccc6)c5cc4n(-c4nc(-c5ccccc5)nc(-c5ccccc5)n4)c3cc2C(C)(C)C1(C)C. The topological polar surface area (TPSA) is 48.5 Å². The van der Waals surface area contributed by atoms with E-state index in [0.29, 0.717) is 17.6 Å². The summed E-state index contributed by atoms with van der Waals surface area (Å²) < 4.78 is 4.69. The molecule has 0 radical (unpaired) electrons. The molecule has 0 bridgehead atoms. The van der Waals surface area contributed by atoms with Crippen molar-refractivity contribution in [3.8, 4) is 34.4 Å². The molecule has 53 heavy (non-hydrogen) atoms.